The van der Waals surface area contributed by atoms with Crippen molar-refractivity contribution in [2.75, 3.05) is 0 Å². The van der Waals surface area contributed by atoms with Crippen molar-refractivity contribution in [1.29, 1.82) is 0 Å². The second-order valence-electron chi connectivity index (χ2n) is 6.38. The molecule has 0 fully saturated rings. The van der Waals surface area contributed by atoms with E-state index in [1.54, 1.807) is 24.3 Å². The van der Waals surface area contributed by atoms with Crippen molar-refractivity contribution in [3.8, 4) is 0 Å². The Labute approximate surface area is 192 Å². The topological polar surface area (TPSA) is 45.0 Å². The Morgan fingerprint density at radius 2 is 2.00 bits per heavy atom. The molecule has 1 amide bonds. The molecule has 0 spiro atoms. The number of carbonyl (C=O) groups excluding carboxylic acids is 1. The summed E-state index contributed by atoms with van der Waals surface area (Å²) < 4.78 is 1.11. The van der Waals surface area contributed by atoms with Gasteiger partial charge in [-0.05, 0) is 64.1 Å². The average molecular weight is 534 g/mol. The van der Waals surface area contributed by atoms with Crippen molar-refractivity contribution >= 4 is 69.4 Å². The number of fused-ring (bicyclic) bond motifs is 2. The van der Waals surface area contributed by atoms with Crippen LogP contribution in [-0.4, -0.2) is 22.5 Å². The van der Waals surface area contributed by atoms with Gasteiger partial charge in [0.15, 0.2) is 5.84 Å². The van der Waals surface area contributed by atoms with Gasteiger partial charge >= 0.3 is 0 Å². The molecule has 7 heteroatoms. The molecule has 2 aliphatic heterocycles. The van der Waals surface area contributed by atoms with Crippen LogP contribution < -0.4 is 0 Å². The number of aliphatic imine (C=N–C) groups is 2. The van der Waals surface area contributed by atoms with Crippen LogP contribution in [0.2, 0.25) is 10.0 Å². The van der Waals surface area contributed by atoms with Crippen LogP contribution in [0.5, 0.6) is 0 Å². The lowest BCUT2D eigenvalue weighted by atomic mass is 10.1. The molecule has 0 N–H and O–H groups in total. The summed E-state index contributed by atoms with van der Waals surface area (Å²) in [4.78, 5) is 23.5. The molecule has 0 atom stereocenters. The third kappa shape index (κ3) is 4.69. The van der Waals surface area contributed by atoms with Crippen LogP contribution in [0.1, 0.15) is 16.7 Å². The van der Waals surface area contributed by atoms with E-state index in [0.717, 1.165) is 20.5 Å². The summed E-state index contributed by atoms with van der Waals surface area (Å²) in [6.07, 6.45) is 8.94. The van der Waals surface area contributed by atoms with Crippen LogP contribution in [0.25, 0.3) is 6.08 Å². The lowest BCUT2D eigenvalue weighted by Crippen LogP contribution is -2.24. The fraction of sp³-hybridized carbons (Fsp3) is 0.0455. The molecule has 144 valence electrons. The van der Waals surface area contributed by atoms with Gasteiger partial charge < -0.3 is 4.90 Å². The van der Waals surface area contributed by atoms with Crippen molar-refractivity contribution in [3.63, 3.8) is 0 Å². The fourth-order valence-corrected chi connectivity index (χ4v) is 3.98. The Kier molecular flexibility index (Phi) is 5.99. The largest absolute Gasteiger partial charge is 0.327 e. The number of amides is 1. The first-order valence-electron chi connectivity index (χ1n) is 8.74. The molecule has 0 aliphatic carbocycles. The number of hydrogen-bond donors (Lipinski definition) is 0. The summed E-state index contributed by atoms with van der Waals surface area (Å²) in [7, 11) is 0. The van der Waals surface area contributed by atoms with Gasteiger partial charge in [0.2, 0.25) is 0 Å². The number of carbonyl (C=O) groups is 1. The maximum Gasteiger partial charge on any atom is 0.271 e. The van der Waals surface area contributed by atoms with Gasteiger partial charge in [-0.25, -0.2) is 4.99 Å². The zero-order chi connectivity index (χ0) is 20.4. The van der Waals surface area contributed by atoms with Crippen LogP contribution >= 0.6 is 45.8 Å². The van der Waals surface area contributed by atoms with Crippen LogP contribution in [-0.2, 0) is 11.3 Å². The quantitative estimate of drug-likeness (QED) is 0.349. The molecule has 2 aliphatic rings. The molecule has 2 heterocycles. The van der Waals surface area contributed by atoms with E-state index >= 15 is 0 Å². The molecule has 0 saturated carbocycles. The molecule has 0 saturated heterocycles. The van der Waals surface area contributed by atoms with E-state index in [-0.39, 0.29) is 0 Å². The molecule has 29 heavy (non-hydrogen) atoms. The lowest BCUT2D eigenvalue weighted by molar-refractivity contribution is -0.113. The van der Waals surface area contributed by atoms with E-state index < -0.39 is 5.91 Å². The maximum absolute atomic E-state index is 12.5. The molecule has 0 bridgehead atoms. The molecule has 0 unspecified atom stereocenters. The Morgan fingerprint density at radius 3 is 2.83 bits per heavy atom. The van der Waals surface area contributed by atoms with E-state index in [9.17, 15) is 4.79 Å². The summed E-state index contributed by atoms with van der Waals surface area (Å²) >= 11 is 14.3. The molecular weight excluding hydrogens is 520 g/mol. The number of rotatable bonds is 2. The monoisotopic (exact) mass is 533 g/mol. The van der Waals surface area contributed by atoms with Gasteiger partial charge in [0.05, 0.1) is 0 Å². The zero-order valence-electron chi connectivity index (χ0n) is 15.0. The highest BCUT2D eigenvalue weighted by Crippen LogP contribution is 2.24. The fourth-order valence-electron chi connectivity index (χ4n) is 2.99. The summed E-state index contributed by atoms with van der Waals surface area (Å²) in [6.45, 7) is 0.662. The molecule has 0 radical (unpaired) electrons. The van der Waals surface area contributed by atoms with Crippen LogP contribution in [0.15, 0.2) is 80.5 Å². The minimum Gasteiger partial charge on any atom is -0.327 e. The van der Waals surface area contributed by atoms with Gasteiger partial charge in [0.25, 0.3) is 5.91 Å². The number of benzene rings is 2. The van der Waals surface area contributed by atoms with Crippen molar-refractivity contribution < 1.29 is 4.79 Å². The van der Waals surface area contributed by atoms with Crippen molar-refractivity contribution in [1.82, 2.24) is 4.90 Å². The number of amidine groups is 2. The minimum atomic E-state index is -0.413. The first-order chi connectivity index (χ1) is 14.0. The van der Waals surface area contributed by atoms with Gasteiger partial charge in [-0.3, -0.25) is 4.79 Å². The van der Waals surface area contributed by atoms with E-state index in [4.69, 9.17) is 23.2 Å². The number of nitrogens with zero attached hydrogens (tertiary/aromatic N) is 3. The van der Waals surface area contributed by atoms with E-state index in [1.165, 1.54) is 6.08 Å². The van der Waals surface area contributed by atoms with Gasteiger partial charge in [-0.15, -0.1) is 0 Å². The lowest BCUT2D eigenvalue weighted by Gasteiger charge is -2.21. The Bertz CT molecular complexity index is 1150. The van der Waals surface area contributed by atoms with Gasteiger partial charge in [0.1, 0.15) is 5.84 Å². The van der Waals surface area contributed by atoms with Crippen molar-refractivity contribution in [2.45, 2.75) is 6.54 Å². The van der Waals surface area contributed by atoms with Gasteiger partial charge in [-0.1, -0.05) is 53.5 Å². The summed E-state index contributed by atoms with van der Waals surface area (Å²) in [6, 6.07) is 12.9. The van der Waals surface area contributed by atoms with Crippen molar-refractivity contribution in [2.24, 2.45) is 9.98 Å². The summed E-state index contributed by atoms with van der Waals surface area (Å²) in [5.74, 6) is 0.728. The SMILES string of the molecule is O=C(/C=C/c1ccc(Cl)cc1Cl)N=C1N=C2C=CC(I)=CN2Cc2ccccc21. The third-order valence-corrected chi connectivity index (χ3v) is 5.57. The Hall–Kier alpha value is -2.22. The second kappa shape index (κ2) is 8.65. The molecule has 0 aromatic heterocycles. The number of hydrogen-bond acceptors (Lipinski definition) is 2. The van der Waals surface area contributed by atoms with Crippen LogP contribution in [0, 0.1) is 0 Å². The molecular formula is C22H14Cl2IN3O. The highest BCUT2D eigenvalue weighted by Gasteiger charge is 2.21. The van der Waals surface area contributed by atoms with Crippen LogP contribution in [0.4, 0.5) is 0 Å². The maximum atomic E-state index is 12.5. The standard InChI is InChI=1S/C22H14Cl2IN3O/c23-16-7-5-14(19(24)11-16)6-10-21(29)27-22-18-4-2-1-3-15(18)12-28-13-17(25)8-9-20(28)26-22/h1-11,13H,12H2/b10-6+,27-22?. The van der Waals surface area contributed by atoms with Crippen molar-refractivity contribution in [3.05, 3.63) is 97.2 Å². The summed E-state index contributed by atoms with van der Waals surface area (Å²) in [5.41, 5.74) is 2.59. The second-order valence-corrected chi connectivity index (χ2v) is 8.46. The van der Waals surface area contributed by atoms with Gasteiger partial charge in [-0.2, -0.15) is 4.99 Å². The predicted molar refractivity (Wildman–Crippen MR) is 128 cm³/mol. The predicted octanol–water partition coefficient (Wildman–Crippen LogP) is 6.04. The molecule has 2 aromatic carbocycles. The molecule has 2 aromatic rings. The zero-order valence-corrected chi connectivity index (χ0v) is 18.7. The molecule has 4 nitrogen and oxygen atoms in total. The van der Waals surface area contributed by atoms with Crippen LogP contribution in [0.3, 0.4) is 0 Å². The minimum absolute atomic E-state index is 0.393. The first-order valence-corrected chi connectivity index (χ1v) is 10.6. The number of allylic oxidation sites excluding steroid dienone is 2. The van der Waals surface area contributed by atoms with Gasteiger partial charge in [0, 0.05) is 38.0 Å². The van der Waals surface area contributed by atoms with E-state index in [1.807, 2.05) is 42.6 Å². The Balaban J connectivity index is 1.69. The average Bonchev–Trinajstić information content (AvgIpc) is 2.83. The first kappa shape index (κ1) is 20.1. The van der Waals surface area contributed by atoms with E-state index in [2.05, 4.69) is 37.5 Å². The highest BCUT2D eigenvalue weighted by molar-refractivity contribution is 14.1. The van der Waals surface area contributed by atoms with E-state index in [0.29, 0.717) is 28.0 Å². The summed E-state index contributed by atoms with van der Waals surface area (Å²) in [5, 5.41) is 1.01. The normalized spacial score (nSPS) is 16.9. The third-order valence-electron chi connectivity index (χ3n) is 4.37. The number of halogens is 3. The highest BCUT2D eigenvalue weighted by atomic mass is 127. The Morgan fingerprint density at radius 1 is 1.17 bits per heavy atom. The smallest absolute Gasteiger partial charge is 0.271 e. The molecule has 4 rings (SSSR count).